The van der Waals surface area contributed by atoms with Crippen molar-refractivity contribution in [2.24, 2.45) is 35.3 Å². The lowest BCUT2D eigenvalue weighted by Crippen LogP contribution is -2.68. The molecule has 4 unspecified atom stereocenters. The predicted molar refractivity (Wildman–Crippen MR) is 103 cm³/mol. The molecule has 4 fully saturated rings. The quantitative estimate of drug-likeness (QED) is 0.743. The van der Waals surface area contributed by atoms with Crippen molar-refractivity contribution in [3.8, 4) is 0 Å². The second-order valence-corrected chi connectivity index (χ2v) is 10.4. The molecule has 4 nitrogen and oxygen atoms in total. The van der Waals surface area contributed by atoms with Crippen LogP contribution in [0.1, 0.15) is 67.2 Å². The molecule has 0 spiro atoms. The summed E-state index contributed by atoms with van der Waals surface area (Å²) < 4.78 is 0. The van der Waals surface area contributed by atoms with E-state index in [4.69, 9.17) is 5.73 Å². The van der Waals surface area contributed by atoms with Crippen LogP contribution in [0.5, 0.6) is 0 Å². The highest BCUT2D eigenvalue weighted by atomic mass is 16.1. The first-order valence-corrected chi connectivity index (χ1v) is 10.4. The minimum atomic E-state index is -0.463. The zero-order valence-electron chi connectivity index (χ0n) is 17.1. The zero-order chi connectivity index (χ0) is 18.6. The molecule has 3 N–H and O–H groups in total. The molecule has 1 aliphatic carbocycles. The van der Waals surface area contributed by atoms with Crippen molar-refractivity contribution in [3.63, 3.8) is 0 Å². The van der Waals surface area contributed by atoms with Gasteiger partial charge in [0.15, 0.2) is 0 Å². The minimum absolute atomic E-state index is 0.130. The summed E-state index contributed by atoms with van der Waals surface area (Å²) in [6.45, 7) is 16.2. The number of primary amides is 1. The number of nitrogens with zero attached hydrogens (tertiary/aromatic N) is 1. The normalized spacial score (nSPS) is 36.8. The van der Waals surface area contributed by atoms with Gasteiger partial charge in [-0.2, -0.15) is 0 Å². The molecule has 3 saturated heterocycles. The number of fused-ring (bicyclic) bond motifs is 1. The molecule has 0 aromatic carbocycles. The van der Waals surface area contributed by atoms with Gasteiger partial charge in [-0.15, -0.1) is 0 Å². The van der Waals surface area contributed by atoms with E-state index in [1.807, 2.05) is 0 Å². The largest absolute Gasteiger partial charge is 0.368 e. The van der Waals surface area contributed by atoms with Gasteiger partial charge in [0, 0.05) is 24.7 Å². The summed E-state index contributed by atoms with van der Waals surface area (Å²) in [6, 6.07) is 0.521. The molecule has 3 aliphatic heterocycles. The molecule has 144 valence electrons. The fraction of sp³-hybridized carbons (Fsp3) is 0.952. The van der Waals surface area contributed by atoms with Gasteiger partial charge in [0.1, 0.15) is 0 Å². The topological polar surface area (TPSA) is 58.4 Å². The van der Waals surface area contributed by atoms with Crippen LogP contribution in [0.15, 0.2) is 0 Å². The van der Waals surface area contributed by atoms with Gasteiger partial charge in [-0.3, -0.25) is 9.69 Å². The highest BCUT2D eigenvalue weighted by Gasteiger charge is 2.67. The molecule has 1 amide bonds. The Morgan fingerprint density at radius 3 is 2.16 bits per heavy atom. The first kappa shape index (κ1) is 19.2. The van der Waals surface area contributed by atoms with Crippen LogP contribution in [0.4, 0.5) is 0 Å². The Morgan fingerprint density at radius 1 is 1.08 bits per heavy atom. The van der Waals surface area contributed by atoms with Crippen molar-refractivity contribution in [1.82, 2.24) is 10.2 Å². The molecular formula is C21H39N3O. The Balaban J connectivity index is 2.06. The molecule has 4 atom stereocenters. The molecule has 25 heavy (non-hydrogen) atoms. The van der Waals surface area contributed by atoms with Crippen LogP contribution in [0.2, 0.25) is 0 Å². The van der Waals surface area contributed by atoms with Crippen molar-refractivity contribution < 1.29 is 4.79 Å². The molecule has 4 bridgehead atoms. The van der Waals surface area contributed by atoms with E-state index in [1.54, 1.807) is 0 Å². The van der Waals surface area contributed by atoms with Crippen LogP contribution < -0.4 is 11.1 Å². The molecule has 4 aliphatic rings. The molecule has 4 heteroatoms. The van der Waals surface area contributed by atoms with E-state index in [2.05, 4.69) is 51.8 Å². The third-order valence-corrected chi connectivity index (χ3v) is 7.03. The SMILES string of the molecule is CC(C)CN1C2CC3(C(N)=O)CC(C2CN3)C1(CC(C)C)CC(C)C. The van der Waals surface area contributed by atoms with Gasteiger partial charge in [0.25, 0.3) is 0 Å². The lowest BCUT2D eigenvalue weighted by Gasteiger charge is -2.51. The molecule has 0 radical (unpaired) electrons. The summed E-state index contributed by atoms with van der Waals surface area (Å²) >= 11 is 0. The first-order valence-electron chi connectivity index (χ1n) is 10.4. The number of amides is 1. The standard InChI is InChI=1S/C21H39N3O/c1-13(2)7-21(8-14(3)4)17-9-20(19(22)25)10-18(16(17)11-23-20)24(21)12-15(5)6/h13-18,23H,7-12H2,1-6H3,(H2,22,25). The van der Waals surface area contributed by atoms with E-state index in [0.29, 0.717) is 35.6 Å². The molecule has 0 aromatic heterocycles. The van der Waals surface area contributed by atoms with Gasteiger partial charge in [-0.1, -0.05) is 41.5 Å². The smallest absolute Gasteiger partial charge is 0.237 e. The number of nitrogens with one attached hydrogen (secondary N) is 1. The average Bonchev–Trinajstić information content (AvgIpc) is 2.65. The molecule has 1 saturated carbocycles. The number of hydrogen-bond donors (Lipinski definition) is 2. The van der Waals surface area contributed by atoms with Crippen LogP contribution in [-0.2, 0) is 4.79 Å². The van der Waals surface area contributed by atoms with Crippen molar-refractivity contribution in [1.29, 1.82) is 0 Å². The Kier molecular flexibility index (Phi) is 5.00. The summed E-state index contributed by atoms with van der Waals surface area (Å²) in [4.78, 5) is 15.2. The number of carbonyl (C=O) groups is 1. The van der Waals surface area contributed by atoms with E-state index in [9.17, 15) is 4.79 Å². The number of rotatable bonds is 7. The third kappa shape index (κ3) is 3.03. The third-order valence-electron chi connectivity index (χ3n) is 7.03. The van der Waals surface area contributed by atoms with Gasteiger partial charge >= 0.3 is 0 Å². The maximum absolute atomic E-state index is 12.4. The van der Waals surface area contributed by atoms with Gasteiger partial charge in [0.05, 0.1) is 5.54 Å². The number of nitrogens with two attached hydrogens (primary N) is 1. The van der Waals surface area contributed by atoms with Crippen molar-refractivity contribution >= 4 is 5.91 Å². The van der Waals surface area contributed by atoms with Crippen LogP contribution >= 0.6 is 0 Å². The Hall–Kier alpha value is -0.610. The van der Waals surface area contributed by atoms with Crippen LogP contribution in [-0.4, -0.2) is 41.0 Å². The summed E-state index contributed by atoms with van der Waals surface area (Å²) in [5.41, 5.74) is 5.68. The van der Waals surface area contributed by atoms with Crippen LogP contribution in [0.3, 0.4) is 0 Å². The van der Waals surface area contributed by atoms with Crippen molar-refractivity contribution in [2.45, 2.75) is 84.3 Å². The Labute approximate surface area is 154 Å². The molecule has 0 aromatic rings. The lowest BCUT2D eigenvalue weighted by molar-refractivity contribution is -0.129. The van der Waals surface area contributed by atoms with Crippen LogP contribution in [0, 0.1) is 29.6 Å². The van der Waals surface area contributed by atoms with Crippen molar-refractivity contribution in [2.75, 3.05) is 13.1 Å². The molecule has 4 rings (SSSR count). The molecular weight excluding hydrogens is 310 g/mol. The predicted octanol–water partition coefficient (Wildman–Crippen LogP) is 3.01. The second kappa shape index (κ2) is 6.53. The van der Waals surface area contributed by atoms with E-state index in [-0.39, 0.29) is 11.4 Å². The number of carbonyl (C=O) groups excluding carboxylic acids is 1. The van der Waals surface area contributed by atoms with E-state index >= 15 is 0 Å². The Morgan fingerprint density at radius 2 is 1.68 bits per heavy atom. The Bertz CT molecular complexity index is 505. The monoisotopic (exact) mass is 349 g/mol. The minimum Gasteiger partial charge on any atom is -0.368 e. The van der Waals surface area contributed by atoms with Crippen molar-refractivity contribution in [3.05, 3.63) is 0 Å². The van der Waals surface area contributed by atoms with Gasteiger partial charge in [-0.25, -0.2) is 0 Å². The number of likely N-dealkylation sites (tertiary alicyclic amines) is 1. The fourth-order valence-corrected chi connectivity index (χ4v) is 6.63. The van der Waals surface area contributed by atoms with E-state index in [0.717, 1.165) is 25.9 Å². The van der Waals surface area contributed by atoms with Gasteiger partial charge < -0.3 is 11.1 Å². The average molecular weight is 350 g/mol. The summed E-state index contributed by atoms with van der Waals surface area (Å²) in [6.07, 6.45) is 4.33. The van der Waals surface area contributed by atoms with E-state index in [1.165, 1.54) is 12.8 Å². The second-order valence-electron chi connectivity index (χ2n) is 10.4. The first-order chi connectivity index (χ1) is 11.6. The van der Waals surface area contributed by atoms with Gasteiger partial charge in [-0.05, 0) is 55.3 Å². The lowest BCUT2D eigenvalue weighted by atomic mass is 9.59. The number of hydrogen-bond acceptors (Lipinski definition) is 3. The summed E-state index contributed by atoms with van der Waals surface area (Å²) in [7, 11) is 0. The highest BCUT2D eigenvalue weighted by molar-refractivity contribution is 5.85. The fourth-order valence-electron chi connectivity index (χ4n) is 6.63. The summed E-state index contributed by atoms with van der Waals surface area (Å²) in [5.74, 6) is 3.14. The maximum atomic E-state index is 12.4. The number of piperidine rings is 2. The van der Waals surface area contributed by atoms with E-state index < -0.39 is 5.54 Å². The highest BCUT2D eigenvalue weighted by Crippen LogP contribution is 2.59. The van der Waals surface area contributed by atoms with Gasteiger partial charge in [0.2, 0.25) is 5.91 Å². The zero-order valence-corrected chi connectivity index (χ0v) is 17.1. The molecule has 3 heterocycles. The summed E-state index contributed by atoms with van der Waals surface area (Å²) in [5, 5.41) is 3.55. The van der Waals surface area contributed by atoms with Crippen LogP contribution in [0.25, 0.3) is 0 Å². The maximum Gasteiger partial charge on any atom is 0.237 e.